The molecule has 4 aromatic rings. The molecule has 3 heterocycles. The fraction of sp³-hybridized carbons (Fsp3) is 0.536. The van der Waals surface area contributed by atoms with Gasteiger partial charge in [-0.1, -0.05) is 18.9 Å². The van der Waals surface area contributed by atoms with Gasteiger partial charge in [-0.2, -0.15) is 36.2 Å². The number of hydrogen-bond donors (Lipinski definition) is 0. The zero-order valence-electron chi connectivity index (χ0n) is 24.7. The van der Waals surface area contributed by atoms with Gasteiger partial charge < -0.3 is 4.90 Å². The number of aromatic nitrogens is 7. The molecule has 1 aliphatic carbocycles. The Morgan fingerprint density at radius 1 is 0.930 bits per heavy atom. The van der Waals surface area contributed by atoms with E-state index >= 15 is 0 Å². The lowest BCUT2D eigenvalue weighted by Gasteiger charge is -2.32. The van der Waals surface area contributed by atoms with Crippen LogP contribution in [0.1, 0.15) is 60.3 Å². The normalized spacial score (nSPS) is 15.2. The van der Waals surface area contributed by atoms with Crippen molar-refractivity contribution in [2.75, 3.05) is 18.5 Å². The second-order valence-electron chi connectivity index (χ2n) is 11.7. The highest BCUT2D eigenvalue weighted by atomic mass is 19.4. The number of halogens is 6. The van der Waals surface area contributed by atoms with Crippen molar-refractivity contribution in [3.8, 4) is 0 Å². The molecule has 5 rings (SSSR count). The number of hydrogen-bond acceptors (Lipinski definition) is 7. The number of fused-ring (bicyclic) bond motifs is 1. The first kappa shape index (κ1) is 30.7. The van der Waals surface area contributed by atoms with E-state index < -0.39 is 23.5 Å². The summed E-state index contributed by atoms with van der Waals surface area (Å²) in [6, 6.07) is 3.53. The summed E-state index contributed by atoms with van der Waals surface area (Å²) in [4.78, 5) is 10.1. The first-order valence-electron chi connectivity index (χ1n) is 13.8. The topological polar surface area (TPSA) is 80.8 Å². The van der Waals surface area contributed by atoms with Gasteiger partial charge >= 0.3 is 12.4 Å². The SMILES string of the molecule is Cc1nn(C)c2nc(C3(N(C)CC(C)C)CC3)c(CN(Cc3cc(C(F)(F)F)cc(C(F)(F)F)c3)c3nnn(C)n3)cc12. The molecule has 1 aliphatic rings. The molecule has 0 bridgehead atoms. The van der Waals surface area contributed by atoms with E-state index in [0.717, 1.165) is 53.9 Å². The van der Waals surface area contributed by atoms with E-state index in [1.807, 2.05) is 27.1 Å². The maximum atomic E-state index is 13.7. The highest BCUT2D eigenvalue weighted by Crippen LogP contribution is 2.51. The van der Waals surface area contributed by atoms with Crippen molar-refractivity contribution >= 4 is 17.0 Å². The van der Waals surface area contributed by atoms with Crippen LogP contribution in [0, 0.1) is 12.8 Å². The third kappa shape index (κ3) is 6.17. The van der Waals surface area contributed by atoms with E-state index in [9.17, 15) is 26.3 Å². The quantitative estimate of drug-likeness (QED) is 0.228. The molecule has 15 heteroatoms. The van der Waals surface area contributed by atoms with Gasteiger partial charge in [0.05, 0.1) is 35.1 Å². The maximum Gasteiger partial charge on any atom is 0.416 e. The number of tetrazole rings is 1. The van der Waals surface area contributed by atoms with Crippen LogP contribution in [0.15, 0.2) is 24.3 Å². The number of anilines is 1. The largest absolute Gasteiger partial charge is 0.416 e. The monoisotopic (exact) mass is 609 g/mol. The molecule has 0 radical (unpaired) electrons. The van der Waals surface area contributed by atoms with Crippen LogP contribution >= 0.6 is 0 Å². The molecular formula is C28H33F6N9. The van der Waals surface area contributed by atoms with E-state index in [-0.39, 0.29) is 36.2 Å². The first-order chi connectivity index (χ1) is 20.0. The van der Waals surface area contributed by atoms with Crippen LogP contribution in [0.5, 0.6) is 0 Å². The molecule has 0 saturated heterocycles. The Kier molecular flexibility index (Phi) is 7.68. The highest BCUT2D eigenvalue weighted by molar-refractivity contribution is 5.79. The standard InChI is InChI=1S/C28H33F6N9/c1-16(2)13-40(4)26(7-8-26)23-19(11-22-17(3)37-41(5)24(22)35-23)15-43(25-36-39-42(6)38-25)14-18-9-20(27(29,30)31)12-21(10-18)28(32,33)34/h9-12,16H,7-8,13-15H2,1-6H3. The van der Waals surface area contributed by atoms with Crippen molar-refractivity contribution < 1.29 is 26.3 Å². The maximum absolute atomic E-state index is 13.7. The lowest BCUT2D eigenvalue weighted by atomic mass is 10.00. The van der Waals surface area contributed by atoms with Crippen LogP contribution in [-0.2, 0) is 45.1 Å². The Labute approximate surface area is 244 Å². The van der Waals surface area contributed by atoms with E-state index in [2.05, 4.69) is 39.3 Å². The highest BCUT2D eigenvalue weighted by Gasteiger charge is 2.51. The van der Waals surface area contributed by atoms with Crippen molar-refractivity contribution in [1.82, 2.24) is 39.9 Å². The zero-order valence-corrected chi connectivity index (χ0v) is 24.7. The van der Waals surface area contributed by atoms with Gasteiger partial charge in [-0.15, -0.1) is 5.10 Å². The number of nitrogens with zero attached hydrogens (tertiary/aromatic N) is 9. The third-order valence-corrected chi connectivity index (χ3v) is 7.77. The molecule has 0 unspecified atom stereocenters. The Hall–Kier alpha value is -3.75. The number of benzene rings is 1. The Morgan fingerprint density at radius 2 is 1.56 bits per heavy atom. The molecule has 0 atom stereocenters. The van der Waals surface area contributed by atoms with Crippen LogP contribution in [0.25, 0.3) is 11.0 Å². The van der Waals surface area contributed by atoms with Gasteiger partial charge in [-0.25, -0.2) is 4.98 Å². The molecule has 1 saturated carbocycles. The zero-order chi connectivity index (χ0) is 31.5. The molecule has 0 N–H and O–H groups in total. The summed E-state index contributed by atoms with van der Waals surface area (Å²) in [7, 11) is 5.38. The molecular weight excluding hydrogens is 576 g/mol. The van der Waals surface area contributed by atoms with Gasteiger partial charge in [0, 0.05) is 32.1 Å². The fourth-order valence-corrected chi connectivity index (χ4v) is 5.68. The molecule has 9 nitrogen and oxygen atoms in total. The first-order valence-corrected chi connectivity index (χ1v) is 13.8. The van der Waals surface area contributed by atoms with Crippen LogP contribution in [0.2, 0.25) is 0 Å². The van der Waals surface area contributed by atoms with Gasteiger partial charge in [0.1, 0.15) is 0 Å². The second-order valence-corrected chi connectivity index (χ2v) is 11.7. The average Bonchev–Trinajstić information content (AvgIpc) is 3.52. The fourth-order valence-electron chi connectivity index (χ4n) is 5.68. The van der Waals surface area contributed by atoms with Crippen LogP contribution < -0.4 is 4.90 Å². The van der Waals surface area contributed by atoms with Gasteiger partial charge in [-0.05, 0) is 73.3 Å². The van der Waals surface area contributed by atoms with Crippen LogP contribution in [0.4, 0.5) is 32.3 Å². The van der Waals surface area contributed by atoms with E-state index in [0.29, 0.717) is 11.6 Å². The predicted molar refractivity (Wildman–Crippen MR) is 147 cm³/mol. The van der Waals surface area contributed by atoms with E-state index in [4.69, 9.17) is 4.98 Å². The molecule has 0 aliphatic heterocycles. The van der Waals surface area contributed by atoms with Crippen LogP contribution in [-0.4, -0.2) is 53.5 Å². The molecule has 232 valence electrons. The minimum atomic E-state index is -4.97. The van der Waals surface area contributed by atoms with Crippen molar-refractivity contribution in [3.63, 3.8) is 0 Å². The number of alkyl halides is 6. The Balaban J connectivity index is 1.63. The summed E-state index contributed by atoms with van der Waals surface area (Å²) >= 11 is 0. The summed E-state index contributed by atoms with van der Waals surface area (Å²) in [6.07, 6.45) is -8.23. The summed E-state index contributed by atoms with van der Waals surface area (Å²) in [6.45, 7) is 6.64. The molecule has 3 aromatic heterocycles. The van der Waals surface area contributed by atoms with Gasteiger partial charge in [0.2, 0.25) is 0 Å². The van der Waals surface area contributed by atoms with Crippen molar-refractivity contribution in [1.29, 1.82) is 0 Å². The lowest BCUT2D eigenvalue weighted by Crippen LogP contribution is -2.37. The van der Waals surface area contributed by atoms with Gasteiger partial charge in [0.25, 0.3) is 5.95 Å². The third-order valence-electron chi connectivity index (χ3n) is 7.77. The van der Waals surface area contributed by atoms with Crippen molar-refractivity contribution in [2.45, 2.75) is 64.6 Å². The Morgan fingerprint density at radius 3 is 2.07 bits per heavy atom. The van der Waals surface area contributed by atoms with E-state index in [1.54, 1.807) is 4.68 Å². The molecule has 1 aromatic carbocycles. The summed E-state index contributed by atoms with van der Waals surface area (Å²) in [5, 5.41) is 17.5. The second kappa shape index (κ2) is 10.8. The molecule has 1 fully saturated rings. The minimum Gasteiger partial charge on any atom is -0.329 e. The van der Waals surface area contributed by atoms with E-state index in [1.165, 1.54) is 16.7 Å². The molecule has 0 spiro atoms. The average molecular weight is 610 g/mol. The lowest BCUT2D eigenvalue weighted by molar-refractivity contribution is -0.143. The number of rotatable bonds is 9. The predicted octanol–water partition coefficient (Wildman–Crippen LogP) is 5.62. The molecule has 0 amide bonds. The van der Waals surface area contributed by atoms with Crippen molar-refractivity contribution in [3.05, 3.63) is 57.9 Å². The van der Waals surface area contributed by atoms with Gasteiger partial charge in [-0.3, -0.25) is 9.58 Å². The summed E-state index contributed by atoms with van der Waals surface area (Å²) in [5.41, 5.74) is -0.342. The smallest absolute Gasteiger partial charge is 0.329 e. The minimum absolute atomic E-state index is 0.0582. The van der Waals surface area contributed by atoms with Crippen LogP contribution in [0.3, 0.4) is 0 Å². The molecule has 43 heavy (non-hydrogen) atoms. The van der Waals surface area contributed by atoms with Crippen molar-refractivity contribution in [2.24, 2.45) is 20.0 Å². The number of aryl methyl sites for hydroxylation is 3. The van der Waals surface area contributed by atoms with Gasteiger partial charge in [0.15, 0.2) is 5.65 Å². The summed E-state index contributed by atoms with van der Waals surface area (Å²) < 4.78 is 83.6. The summed E-state index contributed by atoms with van der Waals surface area (Å²) in [5.74, 6) is 0.445. The number of pyridine rings is 1. The Bertz CT molecular complexity index is 1600.